The van der Waals surface area contributed by atoms with E-state index < -0.39 is 0 Å². The Bertz CT molecular complexity index is 571. The van der Waals surface area contributed by atoms with Gasteiger partial charge in [0, 0.05) is 5.56 Å². The van der Waals surface area contributed by atoms with Crippen molar-refractivity contribution in [1.29, 1.82) is 0 Å². The third kappa shape index (κ3) is 3.81. The minimum Gasteiger partial charge on any atom is -0.489 e. The molecule has 19 heavy (non-hydrogen) atoms. The van der Waals surface area contributed by atoms with Crippen LogP contribution in [0, 0.1) is 0 Å². The summed E-state index contributed by atoms with van der Waals surface area (Å²) in [4.78, 5) is 11.7. The number of benzene rings is 2. The van der Waals surface area contributed by atoms with Gasteiger partial charge in [0.1, 0.15) is 12.4 Å². The van der Waals surface area contributed by atoms with Crippen LogP contribution in [0.4, 0.5) is 0 Å². The van der Waals surface area contributed by atoms with Crippen molar-refractivity contribution < 1.29 is 9.53 Å². The lowest BCUT2D eigenvalue weighted by Gasteiger charge is -2.07. The molecule has 2 heteroatoms. The standard InChI is InChI=1S/C17H16O2/c1-2-7-17(18)15-10-6-11-16(12-15)19-13-14-8-4-3-5-9-14/h2-12H,13H2,1H3/b7-2+. The Kier molecular flexibility index (Phi) is 4.51. The minimum atomic E-state index is -0.00680. The van der Waals surface area contributed by atoms with Gasteiger partial charge in [0.15, 0.2) is 5.78 Å². The number of hydrogen-bond acceptors (Lipinski definition) is 2. The molecule has 2 aromatic rings. The number of carbonyl (C=O) groups is 1. The van der Waals surface area contributed by atoms with Crippen LogP contribution >= 0.6 is 0 Å². The fraction of sp³-hybridized carbons (Fsp3) is 0.118. The lowest BCUT2D eigenvalue weighted by Crippen LogP contribution is -1.98. The van der Waals surface area contributed by atoms with E-state index in [0.29, 0.717) is 17.9 Å². The molecule has 0 fully saturated rings. The van der Waals surface area contributed by atoms with E-state index in [1.165, 1.54) is 0 Å². The fourth-order valence-electron chi connectivity index (χ4n) is 1.73. The fourth-order valence-corrected chi connectivity index (χ4v) is 1.73. The molecule has 0 amide bonds. The molecule has 2 nitrogen and oxygen atoms in total. The molecule has 0 bridgehead atoms. The highest BCUT2D eigenvalue weighted by atomic mass is 16.5. The minimum absolute atomic E-state index is 0.00680. The first-order valence-electron chi connectivity index (χ1n) is 6.23. The molecule has 0 spiro atoms. The van der Waals surface area contributed by atoms with Gasteiger partial charge in [0.2, 0.25) is 0 Å². The number of ketones is 1. The van der Waals surface area contributed by atoms with Crippen molar-refractivity contribution in [3.8, 4) is 5.75 Å². The van der Waals surface area contributed by atoms with Crippen molar-refractivity contribution in [3.63, 3.8) is 0 Å². The molecule has 0 aliphatic carbocycles. The summed E-state index contributed by atoms with van der Waals surface area (Å²) in [5.41, 5.74) is 1.75. The number of allylic oxidation sites excluding steroid dienone is 2. The maximum absolute atomic E-state index is 11.7. The Labute approximate surface area is 113 Å². The average Bonchev–Trinajstić information content (AvgIpc) is 2.47. The Balaban J connectivity index is 2.05. The van der Waals surface area contributed by atoms with Crippen LogP contribution in [0.15, 0.2) is 66.7 Å². The second-order valence-electron chi connectivity index (χ2n) is 4.17. The molecular weight excluding hydrogens is 236 g/mol. The van der Waals surface area contributed by atoms with Gasteiger partial charge in [-0.1, -0.05) is 48.5 Å². The highest BCUT2D eigenvalue weighted by Crippen LogP contribution is 2.16. The summed E-state index contributed by atoms with van der Waals surface area (Å²) in [6, 6.07) is 17.2. The normalized spacial score (nSPS) is 10.6. The molecule has 0 atom stereocenters. The second kappa shape index (κ2) is 6.55. The molecule has 0 saturated carbocycles. The predicted octanol–water partition coefficient (Wildman–Crippen LogP) is 4.02. The zero-order chi connectivity index (χ0) is 13.5. The summed E-state index contributed by atoms with van der Waals surface area (Å²) in [5, 5.41) is 0. The average molecular weight is 252 g/mol. The van der Waals surface area contributed by atoms with Gasteiger partial charge in [0.25, 0.3) is 0 Å². The number of rotatable bonds is 5. The lowest BCUT2D eigenvalue weighted by molar-refractivity contribution is 0.104. The molecule has 0 heterocycles. The largest absolute Gasteiger partial charge is 0.489 e. The van der Waals surface area contributed by atoms with Crippen LogP contribution in [0.25, 0.3) is 0 Å². The summed E-state index contributed by atoms with van der Waals surface area (Å²) in [7, 11) is 0. The Morgan fingerprint density at radius 1 is 1.11 bits per heavy atom. The van der Waals surface area contributed by atoms with Gasteiger partial charge >= 0.3 is 0 Å². The number of carbonyl (C=O) groups excluding carboxylic acids is 1. The maximum Gasteiger partial charge on any atom is 0.185 e. The third-order valence-corrected chi connectivity index (χ3v) is 2.68. The van der Waals surface area contributed by atoms with Crippen molar-refractivity contribution in [2.24, 2.45) is 0 Å². The van der Waals surface area contributed by atoms with Gasteiger partial charge in [0.05, 0.1) is 0 Å². The molecule has 0 radical (unpaired) electrons. The summed E-state index contributed by atoms with van der Waals surface area (Å²) in [5.74, 6) is 0.701. The molecule has 0 aromatic heterocycles. The van der Waals surface area contributed by atoms with Crippen LogP contribution in [0.1, 0.15) is 22.8 Å². The monoisotopic (exact) mass is 252 g/mol. The van der Waals surface area contributed by atoms with Crippen LogP contribution in [-0.4, -0.2) is 5.78 Å². The van der Waals surface area contributed by atoms with Crippen LogP contribution in [-0.2, 0) is 6.61 Å². The highest BCUT2D eigenvalue weighted by Gasteiger charge is 2.03. The maximum atomic E-state index is 11.7. The summed E-state index contributed by atoms with van der Waals surface area (Å²) in [6.45, 7) is 2.33. The summed E-state index contributed by atoms with van der Waals surface area (Å²) in [6.07, 6.45) is 3.29. The van der Waals surface area contributed by atoms with Crippen LogP contribution in [0.5, 0.6) is 5.75 Å². The smallest absolute Gasteiger partial charge is 0.185 e. The molecule has 0 aliphatic rings. The first-order valence-corrected chi connectivity index (χ1v) is 6.23. The zero-order valence-corrected chi connectivity index (χ0v) is 10.9. The van der Waals surface area contributed by atoms with E-state index >= 15 is 0 Å². The zero-order valence-electron chi connectivity index (χ0n) is 10.9. The second-order valence-corrected chi connectivity index (χ2v) is 4.17. The number of ether oxygens (including phenoxy) is 1. The van der Waals surface area contributed by atoms with Crippen molar-refractivity contribution in [1.82, 2.24) is 0 Å². The van der Waals surface area contributed by atoms with E-state index in [0.717, 1.165) is 5.56 Å². The van der Waals surface area contributed by atoms with Gasteiger partial charge in [-0.15, -0.1) is 0 Å². The van der Waals surface area contributed by atoms with E-state index in [1.807, 2.05) is 49.4 Å². The highest BCUT2D eigenvalue weighted by molar-refractivity contribution is 6.04. The predicted molar refractivity (Wildman–Crippen MR) is 76.4 cm³/mol. The molecule has 2 aromatic carbocycles. The first kappa shape index (κ1) is 13.1. The van der Waals surface area contributed by atoms with Crippen molar-refractivity contribution in [2.45, 2.75) is 13.5 Å². The number of hydrogen-bond donors (Lipinski definition) is 0. The van der Waals surface area contributed by atoms with E-state index in [-0.39, 0.29) is 5.78 Å². The molecular formula is C17H16O2. The summed E-state index contributed by atoms with van der Waals surface area (Å²) >= 11 is 0. The van der Waals surface area contributed by atoms with E-state index in [2.05, 4.69) is 0 Å². The van der Waals surface area contributed by atoms with E-state index in [1.54, 1.807) is 24.3 Å². The van der Waals surface area contributed by atoms with Crippen molar-refractivity contribution in [3.05, 3.63) is 77.9 Å². The summed E-state index contributed by atoms with van der Waals surface area (Å²) < 4.78 is 5.68. The van der Waals surface area contributed by atoms with Crippen molar-refractivity contribution in [2.75, 3.05) is 0 Å². The molecule has 0 N–H and O–H groups in total. The van der Waals surface area contributed by atoms with Gasteiger partial charge < -0.3 is 4.74 Å². The SMILES string of the molecule is C/C=C/C(=O)c1cccc(OCc2ccccc2)c1. The van der Waals surface area contributed by atoms with Crippen molar-refractivity contribution >= 4 is 5.78 Å². The molecule has 96 valence electrons. The Hall–Kier alpha value is -2.35. The molecule has 2 rings (SSSR count). The van der Waals surface area contributed by atoms with Crippen LogP contribution in [0.2, 0.25) is 0 Å². The van der Waals surface area contributed by atoms with E-state index in [4.69, 9.17) is 4.74 Å². The first-order chi connectivity index (χ1) is 9.29. The van der Waals surface area contributed by atoms with Crippen LogP contribution in [0.3, 0.4) is 0 Å². The topological polar surface area (TPSA) is 26.3 Å². The van der Waals surface area contributed by atoms with Gasteiger partial charge in [-0.05, 0) is 30.7 Å². The van der Waals surface area contributed by atoms with E-state index in [9.17, 15) is 4.79 Å². The van der Waals surface area contributed by atoms with Crippen LogP contribution < -0.4 is 4.74 Å². The third-order valence-electron chi connectivity index (χ3n) is 2.68. The quantitative estimate of drug-likeness (QED) is 0.593. The lowest BCUT2D eigenvalue weighted by atomic mass is 10.1. The Morgan fingerprint density at radius 2 is 1.89 bits per heavy atom. The molecule has 0 aliphatic heterocycles. The van der Waals surface area contributed by atoms with Gasteiger partial charge in [-0.2, -0.15) is 0 Å². The molecule has 0 saturated heterocycles. The van der Waals surface area contributed by atoms with Gasteiger partial charge in [-0.25, -0.2) is 0 Å². The van der Waals surface area contributed by atoms with Gasteiger partial charge in [-0.3, -0.25) is 4.79 Å². The molecule has 0 unspecified atom stereocenters. The Morgan fingerprint density at radius 3 is 2.63 bits per heavy atom.